The number of nitrogens with one attached hydrogen (secondary N) is 2. The Labute approximate surface area is 165 Å². The number of likely N-dealkylation sites (N-methyl/N-ethyl adjacent to an activating group) is 1. The Morgan fingerprint density at radius 2 is 1.96 bits per heavy atom. The van der Waals surface area contributed by atoms with Crippen molar-refractivity contribution in [3.05, 3.63) is 52.4 Å². The molecule has 0 unspecified atom stereocenters. The average molecular weight is 400 g/mol. The van der Waals surface area contributed by atoms with Crippen LogP contribution in [-0.4, -0.2) is 34.5 Å². The fourth-order valence-corrected chi connectivity index (χ4v) is 3.25. The van der Waals surface area contributed by atoms with Crippen LogP contribution in [0.15, 0.2) is 46.8 Å². The Balaban J connectivity index is 1.51. The molecule has 146 valence electrons. The summed E-state index contributed by atoms with van der Waals surface area (Å²) in [6.45, 7) is 2.58. The summed E-state index contributed by atoms with van der Waals surface area (Å²) in [5, 5.41) is 7.80. The van der Waals surface area contributed by atoms with Gasteiger partial charge in [0, 0.05) is 25.2 Å². The Kier molecular flexibility index (Phi) is 6.38. The van der Waals surface area contributed by atoms with Gasteiger partial charge in [0.25, 0.3) is 11.5 Å². The van der Waals surface area contributed by atoms with E-state index in [-0.39, 0.29) is 36.9 Å². The van der Waals surface area contributed by atoms with Crippen molar-refractivity contribution in [2.45, 2.75) is 19.9 Å². The van der Waals surface area contributed by atoms with Crippen LogP contribution >= 0.6 is 11.3 Å². The van der Waals surface area contributed by atoms with Crippen molar-refractivity contribution in [3.63, 3.8) is 0 Å². The second kappa shape index (κ2) is 9.14. The Morgan fingerprint density at radius 1 is 1.18 bits per heavy atom. The van der Waals surface area contributed by atoms with Gasteiger partial charge in [0.05, 0.1) is 11.7 Å². The molecule has 2 aromatic heterocycles. The molecule has 0 aliphatic rings. The van der Waals surface area contributed by atoms with Crippen molar-refractivity contribution >= 4 is 39.1 Å². The molecule has 0 fully saturated rings. The number of carbonyl (C=O) groups is 2. The molecule has 28 heavy (non-hydrogen) atoms. The van der Waals surface area contributed by atoms with E-state index in [1.165, 1.54) is 22.2 Å². The lowest BCUT2D eigenvalue weighted by Crippen LogP contribution is -2.28. The van der Waals surface area contributed by atoms with Crippen LogP contribution < -0.4 is 20.9 Å². The fraction of sp³-hybridized carbons (Fsp3) is 0.263. The van der Waals surface area contributed by atoms with Gasteiger partial charge in [-0.05, 0) is 42.6 Å². The number of nitrogens with zero attached hydrogens (tertiary/aromatic N) is 2. The van der Waals surface area contributed by atoms with Crippen molar-refractivity contribution in [2.75, 3.05) is 18.5 Å². The first-order valence-corrected chi connectivity index (χ1v) is 9.67. The summed E-state index contributed by atoms with van der Waals surface area (Å²) in [5.41, 5.74) is 0.460. The molecular weight excluding hydrogens is 380 g/mol. The molecule has 0 saturated heterocycles. The average Bonchev–Trinajstić information content (AvgIpc) is 3.17. The van der Waals surface area contributed by atoms with Gasteiger partial charge in [-0.2, -0.15) is 0 Å². The largest absolute Gasteiger partial charge is 0.484 e. The van der Waals surface area contributed by atoms with Gasteiger partial charge in [-0.3, -0.25) is 19.0 Å². The van der Waals surface area contributed by atoms with E-state index in [0.717, 1.165) is 0 Å². The fourth-order valence-electron chi connectivity index (χ4n) is 2.53. The molecule has 0 radical (unpaired) electrons. The lowest BCUT2D eigenvalue weighted by Gasteiger charge is -2.09. The molecule has 0 aliphatic heterocycles. The molecule has 0 saturated carbocycles. The van der Waals surface area contributed by atoms with Gasteiger partial charge in [0.1, 0.15) is 10.6 Å². The molecule has 9 heteroatoms. The SMILES string of the molecule is CCNC(=O)COc1ccc(NC(=O)CCn2cnc3sccc3c2=O)cc1. The molecule has 8 nitrogen and oxygen atoms in total. The number of benzene rings is 1. The van der Waals surface area contributed by atoms with E-state index in [2.05, 4.69) is 15.6 Å². The molecule has 2 N–H and O–H groups in total. The summed E-state index contributed by atoms with van der Waals surface area (Å²) in [4.78, 5) is 40.8. The highest BCUT2D eigenvalue weighted by molar-refractivity contribution is 7.16. The molecule has 0 spiro atoms. The van der Waals surface area contributed by atoms with Gasteiger partial charge in [0.2, 0.25) is 5.91 Å². The first kappa shape index (κ1) is 19.6. The van der Waals surface area contributed by atoms with E-state index < -0.39 is 0 Å². The zero-order valence-electron chi connectivity index (χ0n) is 15.3. The zero-order chi connectivity index (χ0) is 19.9. The number of amides is 2. The monoisotopic (exact) mass is 400 g/mol. The Bertz CT molecular complexity index is 1030. The van der Waals surface area contributed by atoms with Crippen LogP contribution in [0.4, 0.5) is 5.69 Å². The van der Waals surface area contributed by atoms with Crippen LogP contribution in [0.2, 0.25) is 0 Å². The minimum absolute atomic E-state index is 0.0587. The molecule has 2 amide bonds. The normalized spacial score (nSPS) is 10.6. The van der Waals surface area contributed by atoms with Crippen molar-refractivity contribution in [3.8, 4) is 5.75 Å². The number of ether oxygens (including phenoxy) is 1. The first-order chi connectivity index (χ1) is 13.6. The smallest absolute Gasteiger partial charge is 0.262 e. The zero-order valence-corrected chi connectivity index (χ0v) is 16.1. The quantitative estimate of drug-likeness (QED) is 0.602. The second-order valence-corrected chi connectivity index (χ2v) is 6.84. The lowest BCUT2D eigenvalue weighted by atomic mass is 10.3. The Hall–Kier alpha value is -3.20. The Morgan fingerprint density at radius 3 is 2.71 bits per heavy atom. The van der Waals surface area contributed by atoms with E-state index in [1.54, 1.807) is 30.3 Å². The number of thiophene rings is 1. The van der Waals surface area contributed by atoms with Gasteiger partial charge in [0.15, 0.2) is 6.61 Å². The third-order valence-electron chi connectivity index (χ3n) is 3.91. The van der Waals surface area contributed by atoms with Crippen molar-refractivity contribution in [2.24, 2.45) is 0 Å². The standard InChI is InChI=1S/C19H20N4O4S/c1-2-20-17(25)11-27-14-5-3-13(4-6-14)22-16(24)7-9-23-12-21-18-15(19(23)26)8-10-28-18/h3-6,8,10,12H,2,7,9,11H2,1H3,(H,20,25)(H,22,24). The van der Waals surface area contributed by atoms with Crippen LogP contribution in [0, 0.1) is 0 Å². The van der Waals surface area contributed by atoms with Gasteiger partial charge in [-0.25, -0.2) is 4.98 Å². The summed E-state index contributed by atoms with van der Waals surface area (Å²) in [5.74, 6) is 0.129. The van der Waals surface area contributed by atoms with Crippen LogP contribution in [-0.2, 0) is 16.1 Å². The maximum atomic E-state index is 12.3. The summed E-state index contributed by atoms with van der Waals surface area (Å²) in [6.07, 6.45) is 1.61. The van der Waals surface area contributed by atoms with Crippen molar-refractivity contribution in [1.82, 2.24) is 14.9 Å². The maximum absolute atomic E-state index is 12.3. The summed E-state index contributed by atoms with van der Waals surface area (Å²) in [7, 11) is 0. The molecule has 0 bridgehead atoms. The topological polar surface area (TPSA) is 102 Å². The van der Waals surface area contributed by atoms with Gasteiger partial charge in [-0.15, -0.1) is 11.3 Å². The molecule has 0 atom stereocenters. The number of fused-ring (bicyclic) bond motifs is 1. The van der Waals surface area contributed by atoms with Gasteiger partial charge < -0.3 is 15.4 Å². The van der Waals surface area contributed by atoms with E-state index in [9.17, 15) is 14.4 Å². The highest BCUT2D eigenvalue weighted by atomic mass is 32.1. The number of aromatic nitrogens is 2. The van der Waals surface area contributed by atoms with Crippen molar-refractivity contribution < 1.29 is 14.3 Å². The highest BCUT2D eigenvalue weighted by Crippen LogP contribution is 2.16. The molecule has 2 heterocycles. The predicted octanol–water partition coefficient (Wildman–Crippen LogP) is 2.00. The summed E-state index contributed by atoms with van der Waals surface area (Å²) >= 11 is 1.41. The molecule has 3 aromatic rings. The number of aryl methyl sites for hydroxylation is 1. The van der Waals surface area contributed by atoms with Crippen LogP contribution in [0.25, 0.3) is 10.2 Å². The third kappa shape index (κ3) is 4.95. The minimum Gasteiger partial charge on any atom is -0.484 e. The third-order valence-corrected chi connectivity index (χ3v) is 4.73. The van der Waals surface area contributed by atoms with E-state index in [0.29, 0.717) is 28.2 Å². The van der Waals surface area contributed by atoms with E-state index >= 15 is 0 Å². The maximum Gasteiger partial charge on any atom is 0.262 e. The lowest BCUT2D eigenvalue weighted by molar-refractivity contribution is -0.123. The molecule has 1 aromatic carbocycles. The van der Waals surface area contributed by atoms with Crippen LogP contribution in [0.1, 0.15) is 13.3 Å². The minimum atomic E-state index is -0.215. The number of hydrogen-bond donors (Lipinski definition) is 2. The molecule has 3 rings (SSSR count). The summed E-state index contributed by atoms with van der Waals surface area (Å²) in [6, 6.07) is 8.47. The van der Waals surface area contributed by atoms with Crippen molar-refractivity contribution in [1.29, 1.82) is 0 Å². The highest BCUT2D eigenvalue weighted by Gasteiger charge is 2.08. The van der Waals surface area contributed by atoms with E-state index in [4.69, 9.17) is 4.74 Å². The summed E-state index contributed by atoms with van der Waals surface area (Å²) < 4.78 is 6.80. The first-order valence-electron chi connectivity index (χ1n) is 8.79. The van der Waals surface area contributed by atoms with Gasteiger partial charge in [-0.1, -0.05) is 0 Å². The number of hydrogen-bond acceptors (Lipinski definition) is 6. The predicted molar refractivity (Wildman–Crippen MR) is 108 cm³/mol. The molecule has 0 aliphatic carbocycles. The number of anilines is 1. The van der Waals surface area contributed by atoms with Crippen LogP contribution in [0.5, 0.6) is 5.75 Å². The van der Waals surface area contributed by atoms with Crippen LogP contribution in [0.3, 0.4) is 0 Å². The van der Waals surface area contributed by atoms with Gasteiger partial charge >= 0.3 is 0 Å². The van der Waals surface area contributed by atoms with E-state index in [1.807, 2.05) is 12.3 Å². The number of rotatable bonds is 8. The number of carbonyl (C=O) groups excluding carboxylic acids is 2. The second-order valence-electron chi connectivity index (χ2n) is 5.95. The molecular formula is C19H20N4O4S.